The summed E-state index contributed by atoms with van der Waals surface area (Å²) in [5, 5.41) is 8.40. The van der Waals surface area contributed by atoms with Crippen LogP contribution in [0, 0.1) is 0 Å². The number of benzene rings is 2. The molecule has 0 unspecified atom stereocenters. The Hall–Kier alpha value is -2.66. The van der Waals surface area contributed by atoms with Gasteiger partial charge in [-0.2, -0.15) is 5.10 Å². The Morgan fingerprint density at radius 3 is 2.48 bits per heavy atom. The second-order valence-electron chi connectivity index (χ2n) is 5.97. The molecule has 0 saturated heterocycles. The Kier molecular flexibility index (Phi) is 5.46. The predicted molar refractivity (Wildman–Crippen MR) is 107 cm³/mol. The average Bonchev–Trinajstić information content (AvgIpc) is 3.11. The maximum Gasteiger partial charge on any atom is 0.173 e. The first-order valence-electron chi connectivity index (χ1n) is 8.35. The third-order valence-electron chi connectivity index (χ3n) is 4.04. The highest BCUT2D eigenvalue weighted by molar-refractivity contribution is 7.80. The molecule has 1 heterocycles. The van der Waals surface area contributed by atoms with Gasteiger partial charge < -0.3 is 10.2 Å². The lowest BCUT2D eigenvalue weighted by Gasteiger charge is -2.20. The monoisotopic (exact) mass is 350 g/mol. The molecule has 25 heavy (non-hydrogen) atoms. The van der Waals surface area contributed by atoms with Crippen LogP contribution >= 0.6 is 12.2 Å². The number of aryl methyl sites for hydroxylation is 1. The van der Waals surface area contributed by atoms with Crippen LogP contribution in [0.3, 0.4) is 0 Å². The van der Waals surface area contributed by atoms with E-state index >= 15 is 0 Å². The summed E-state index contributed by atoms with van der Waals surface area (Å²) in [6, 6.07) is 18.4. The molecule has 0 radical (unpaired) electrons. The molecule has 1 N–H and O–H groups in total. The number of hydrogen-bond donors (Lipinski definition) is 1. The lowest BCUT2D eigenvalue weighted by atomic mass is 10.1. The second-order valence-corrected chi connectivity index (χ2v) is 6.35. The molecule has 3 rings (SSSR count). The number of anilines is 1. The second kappa shape index (κ2) is 7.94. The van der Waals surface area contributed by atoms with Gasteiger partial charge in [0.1, 0.15) is 0 Å². The van der Waals surface area contributed by atoms with Crippen LogP contribution in [-0.2, 0) is 13.0 Å². The van der Waals surface area contributed by atoms with Crippen molar-refractivity contribution in [1.82, 2.24) is 14.7 Å². The van der Waals surface area contributed by atoms with Gasteiger partial charge in [0, 0.05) is 31.0 Å². The van der Waals surface area contributed by atoms with E-state index in [2.05, 4.69) is 41.6 Å². The minimum atomic E-state index is 0.691. The minimum Gasteiger partial charge on any atom is -0.348 e. The number of hydrogen-bond acceptors (Lipinski definition) is 2. The first kappa shape index (κ1) is 17.2. The largest absolute Gasteiger partial charge is 0.348 e. The number of rotatable bonds is 5. The summed E-state index contributed by atoms with van der Waals surface area (Å²) in [6.07, 6.45) is 4.95. The van der Waals surface area contributed by atoms with Gasteiger partial charge in [-0.1, -0.05) is 37.3 Å². The molecule has 0 aliphatic heterocycles. The molecular weight excluding hydrogens is 328 g/mol. The topological polar surface area (TPSA) is 33.1 Å². The van der Waals surface area contributed by atoms with Gasteiger partial charge in [0.05, 0.1) is 11.9 Å². The van der Waals surface area contributed by atoms with Crippen LogP contribution in [0.5, 0.6) is 0 Å². The van der Waals surface area contributed by atoms with E-state index in [1.54, 1.807) is 0 Å². The van der Waals surface area contributed by atoms with Crippen molar-refractivity contribution in [2.75, 3.05) is 12.4 Å². The SMILES string of the molecule is CCc1ccc(NC(=S)N(C)Cc2cnn(-c3ccccc3)c2)cc1. The summed E-state index contributed by atoms with van der Waals surface area (Å²) < 4.78 is 1.88. The quantitative estimate of drug-likeness (QED) is 0.697. The smallest absolute Gasteiger partial charge is 0.173 e. The van der Waals surface area contributed by atoms with Crippen LogP contribution in [-0.4, -0.2) is 26.8 Å². The number of aromatic nitrogens is 2. The Bertz CT molecular complexity index is 824. The first-order valence-corrected chi connectivity index (χ1v) is 8.76. The molecule has 0 saturated carbocycles. The van der Waals surface area contributed by atoms with Gasteiger partial charge in [-0.15, -0.1) is 0 Å². The average molecular weight is 350 g/mol. The Balaban J connectivity index is 1.60. The van der Waals surface area contributed by atoms with Gasteiger partial charge in [-0.25, -0.2) is 4.68 Å². The van der Waals surface area contributed by atoms with Crippen molar-refractivity contribution in [3.05, 3.63) is 78.1 Å². The Morgan fingerprint density at radius 1 is 1.08 bits per heavy atom. The molecule has 5 heteroatoms. The van der Waals surface area contributed by atoms with Crippen molar-refractivity contribution < 1.29 is 0 Å². The molecule has 0 bridgehead atoms. The highest BCUT2D eigenvalue weighted by Gasteiger charge is 2.08. The van der Waals surface area contributed by atoms with Gasteiger partial charge in [0.25, 0.3) is 0 Å². The summed E-state index contributed by atoms with van der Waals surface area (Å²) in [7, 11) is 1.98. The zero-order valence-corrected chi connectivity index (χ0v) is 15.3. The third kappa shape index (κ3) is 4.45. The molecule has 3 aromatic rings. The maximum atomic E-state index is 5.51. The van der Waals surface area contributed by atoms with E-state index < -0.39 is 0 Å². The van der Waals surface area contributed by atoms with Crippen LogP contribution in [0.2, 0.25) is 0 Å². The fourth-order valence-corrected chi connectivity index (χ4v) is 2.73. The zero-order chi connectivity index (χ0) is 17.6. The fourth-order valence-electron chi connectivity index (χ4n) is 2.55. The van der Waals surface area contributed by atoms with E-state index in [9.17, 15) is 0 Å². The molecule has 2 aromatic carbocycles. The van der Waals surface area contributed by atoms with Gasteiger partial charge >= 0.3 is 0 Å². The number of nitrogens with one attached hydrogen (secondary N) is 1. The van der Waals surface area contributed by atoms with Gasteiger partial charge in [-0.3, -0.25) is 0 Å². The van der Waals surface area contributed by atoms with E-state index in [0.29, 0.717) is 11.7 Å². The fraction of sp³-hybridized carbons (Fsp3) is 0.200. The predicted octanol–water partition coefficient (Wildman–Crippen LogP) is 4.26. The van der Waals surface area contributed by atoms with Crippen molar-refractivity contribution in [2.24, 2.45) is 0 Å². The molecule has 0 aliphatic rings. The molecule has 128 valence electrons. The van der Waals surface area contributed by atoms with Gasteiger partial charge in [0.2, 0.25) is 0 Å². The lowest BCUT2D eigenvalue weighted by Crippen LogP contribution is -2.30. The molecule has 0 fully saturated rings. The molecule has 0 amide bonds. The van der Waals surface area contributed by atoms with Crippen molar-refractivity contribution >= 4 is 23.0 Å². The van der Waals surface area contributed by atoms with E-state index in [0.717, 1.165) is 23.4 Å². The van der Waals surface area contributed by atoms with Crippen LogP contribution in [0.1, 0.15) is 18.1 Å². The van der Waals surface area contributed by atoms with Crippen molar-refractivity contribution in [3.63, 3.8) is 0 Å². The first-order chi connectivity index (χ1) is 12.2. The van der Waals surface area contributed by atoms with Crippen LogP contribution < -0.4 is 5.32 Å². The molecule has 4 nitrogen and oxygen atoms in total. The summed E-state index contributed by atoms with van der Waals surface area (Å²) >= 11 is 5.51. The molecular formula is C20H22N4S. The van der Waals surface area contributed by atoms with Crippen molar-refractivity contribution in [3.8, 4) is 5.69 Å². The molecule has 0 aliphatic carbocycles. The van der Waals surface area contributed by atoms with Crippen LogP contribution in [0.25, 0.3) is 5.69 Å². The molecule has 0 atom stereocenters. The van der Waals surface area contributed by atoms with E-state index in [-0.39, 0.29) is 0 Å². The molecule has 1 aromatic heterocycles. The summed E-state index contributed by atoms with van der Waals surface area (Å²) in [6.45, 7) is 2.85. The minimum absolute atomic E-state index is 0.691. The Labute approximate surface area is 154 Å². The third-order valence-corrected chi connectivity index (χ3v) is 4.45. The van der Waals surface area contributed by atoms with Crippen molar-refractivity contribution in [2.45, 2.75) is 19.9 Å². The highest BCUT2D eigenvalue weighted by Crippen LogP contribution is 2.13. The van der Waals surface area contributed by atoms with Crippen LogP contribution in [0.4, 0.5) is 5.69 Å². The Morgan fingerprint density at radius 2 is 1.80 bits per heavy atom. The zero-order valence-electron chi connectivity index (χ0n) is 14.5. The van der Waals surface area contributed by atoms with Gasteiger partial charge in [-0.05, 0) is 48.5 Å². The summed E-state index contributed by atoms with van der Waals surface area (Å²) in [4.78, 5) is 2.01. The summed E-state index contributed by atoms with van der Waals surface area (Å²) in [5.41, 5.74) is 4.48. The summed E-state index contributed by atoms with van der Waals surface area (Å²) in [5.74, 6) is 0. The molecule has 0 spiro atoms. The van der Waals surface area contributed by atoms with Crippen LogP contribution in [0.15, 0.2) is 67.0 Å². The maximum absolute atomic E-state index is 5.51. The van der Waals surface area contributed by atoms with E-state index in [1.807, 2.05) is 59.4 Å². The highest BCUT2D eigenvalue weighted by atomic mass is 32.1. The number of para-hydroxylation sites is 1. The standard InChI is InChI=1S/C20H22N4S/c1-3-16-9-11-18(12-10-16)22-20(25)23(2)14-17-13-21-24(15-17)19-7-5-4-6-8-19/h4-13,15H,3,14H2,1-2H3,(H,22,25). The number of nitrogens with zero attached hydrogens (tertiary/aromatic N) is 3. The normalized spacial score (nSPS) is 10.5. The number of thiocarbonyl (C=S) groups is 1. The van der Waals surface area contributed by atoms with Crippen molar-refractivity contribution in [1.29, 1.82) is 0 Å². The van der Waals surface area contributed by atoms with E-state index in [4.69, 9.17) is 12.2 Å². The van der Waals surface area contributed by atoms with Gasteiger partial charge in [0.15, 0.2) is 5.11 Å². The van der Waals surface area contributed by atoms with E-state index in [1.165, 1.54) is 5.56 Å². The lowest BCUT2D eigenvalue weighted by molar-refractivity contribution is 0.508.